The summed E-state index contributed by atoms with van der Waals surface area (Å²) >= 11 is 0. The van der Waals surface area contributed by atoms with E-state index in [1.165, 1.54) is 5.56 Å². The zero-order valence-electron chi connectivity index (χ0n) is 15.3. The van der Waals surface area contributed by atoms with E-state index >= 15 is 0 Å². The lowest BCUT2D eigenvalue weighted by atomic mass is 10.0. The Kier molecular flexibility index (Phi) is 6.50. The molecule has 0 aliphatic carbocycles. The van der Waals surface area contributed by atoms with Crippen molar-refractivity contribution in [2.75, 3.05) is 26.7 Å². The Morgan fingerprint density at radius 1 is 1.15 bits per heavy atom. The molecule has 2 aromatic rings. The molecule has 0 bridgehead atoms. The van der Waals surface area contributed by atoms with Crippen molar-refractivity contribution in [3.8, 4) is 5.75 Å². The Labute approximate surface area is 155 Å². The molecule has 2 N–H and O–H groups in total. The van der Waals surface area contributed by atoms with E-state index in [1.54, 1.807) is 0 Å². The van der Waals surface area contributed by atoms with Crippen LogP contribution in [-0.2, 0) is 13.0 Å². The Morgan fingerprint density at radius 2 is 1.92 bits per heavy atom. The molecule has 2 aromatic carbocycles. The van der Waals surface area contributed by atoms with Gasteiger partial charge in [-0.1, -0.05) is 48.5 Å². The SMILES string of the molecule is CN(CCCNC(=O)N[C@H]1COc2ccccc2C1)Cc1ccccc1. The van der Waals surface area contributed by atoms with Crippen LogP contribution >= 0.6 is 0 Å². The number of carbonyl (C=O) groups excluding carboxylic acids is 1. The zero-order valence-corrected chi connectivity index (χ0v) is 15.3. The van der Waals surface area contributed by atoms with Crippen molar-refractivity contribution >= 4 is 6.03 Å². The number of carbonyl (C=O) groups is 1. The highest BCUT2D eigenvalue weighted by atomic mass is 16.5. The monoisotopic (exact) mass is 353 g/mol. The minimum atomic E-state index is -0.122. The lowest BCUT2D eigenvalue weighted by Crippen LogP contribution is -2.47. The van der Waals surface area contributed by atoms with Gasteiger partial charge in [-0.3, -0.25) is 0 Å². The molecule has 0 unspecified atom stereocenters. The average Bonchev–Trinajstić information content (AvgIpc) is 2.66. The van der Waals surface area contributed by atoms with E-state index in [-0.39, 0.29) is 12.1 Å². The number of ether oxygens (including phenoxy) is 1. The van der Waals surface area contributed by atoms with Gasteiger partial charge in [0.15, 0.2) is 0 Å². The largest absolute Gasteiger partial charge is 0.491 e. The van der Waals surface area contributed by atoms with Crippen LogP contribution in [0.1, 0.15) is 17.5 Å². The molecule has 1 atom stereocenters. The van der Waals surface area contributed by atoms with Crippen molar-refractivity contribution in [2.45, 2.75) is 25.4 Å². The predicted octanol–water partition coefficient (Wildman–Crippen LogP) is 2.81. The Morgan fingerprint density at radius 3 is 2.77 bits per heavy atom. The van der Waals surface area contributed by atoms with E-state index in [1.807, 2.05) is 30.3 Å². The van der Waals surface area contributed by atoms with Gasteiger partial charge in [0.05, 0.1) is 6.04 Å². The summed E-state index contributed by atoms with van der Waals surface area (Å²) in [6.45, 7) is 3.04. The van der Waals surface area contributed by atoms with Gasteiger partial charge in [0.25, 0.3) is 0 Å². The summed E-state index contributed by atoms with van der Waals surface area (Å²) in [5.74, 6) is 0.924. The number of amides is 2. The van der Waals surface area contributed by atoms with Gasteiger partial charge in [0.2, 0.25) is 0 Å². The van der Waals surface area contributed by atoms with Crippen LogP contribution in [0.5, 0.6) is 5.75 Å². The smallest absolute Gasteiger partial charge is 0.315 e. The average molecular weight is 353 g/mol. The van der Waals surface area contributed by atoms with Gasteiger partial charge >= 0.3 is 6.03 Å². The maximum atomic E-state index is 12.1. The number of benzene rings is 2. The number of nitrogens with one attached hydrogen (secondary N) is 2. The Bertz CT molecular complexity index is 705. The number of hydrogen-bond donors (Lipinski definition) is 2. The quantitative estimate of drug-likeness (QED) is 0.753. The topological polar surface area (TPSA) is 53.6 Å². The van der Waals surface area contributed by atoms with Gasteiger partial charge in [-0.05, 0) is 43.6 Å². The van der Waals surface area contributed by atoms with Crippen molar-refractivity contribution in [3.63, 3.8) is 0 Å². The van der Waals surface area contributed by atoms with Crippen LogP contribution in [0.2, 0.25) is 0 Å². The molecule has 0 radical (unpaired) electrons. The minimum absolute atomic E-state index is 0.0191. The van der Waals surface area contributed by atoms with E-state index in [0.717, 1.165) is 37.2 Å². The molecule has 3 rings (SSSR count). The van der Waals surface area contributed by atoms with Crippen molar-refractivity contribution in [3.05, 3.63) is 65.7 Å². The van der Waals surface area contributed by atoms with Crippen molar-refractivity contribution < 1.29 is 9.53 Å². The third kappa shape index (κ3) is 5.49. The molecule has 0 fully saturated rings. The number of para-hydroxylation sites is 1. The van der Waals surface area contributed by atoms with Crippen LogP contribution in [-0.4, -0.2) is 43.7 Å². The highest BCUT2D eigenvalue weighted by molar-refractivity contribution is 5.74. The second-order valence-corrected chi connectivity index (χ2v) is 6.80. The molecule has 0 spiro atoms. The first-order chi connectivity index (χ1) is 12.7. The van der Waals surface area contributed by atoms with Gasteiger partial charge < -0.3 is 20.3 Å². The highest BCUT2D eigenvalue weighted by Gasteiger charge is 2.20. The molecule has 1 aliphatic heterocycles. The summed E-state index contributed by atoms with van der Waals surface area (Å²) in [5, 5.41) is 5.94. The Hall–Kier alpha value is -2.53. The first-order valence-electron chi connectivity index (χ1n) is 9.18. The summed E-state index contributed by atoms with van der Waals surface area (Å²) in [7, 11) is 2.10. The number of nitrogens with zero attached hydrogens (tertiary/aromatic N) is 1. The summed E-state index contributed by atoms with van der Waals surface area (Å²) in [6, 6.07) is 18.3. The lowest BCUT2D eigenvalue weighted by Gasteiger charge is -2.26. The summed E-state index contributed by atoms with van der Waals surface area (Å²) in [4.78, 5) is 14.3. The van der Waals surface area contributed by atoms with Crippen LogP contribution in [0.25, 0.3) is 0 Å². The number of fused-ring (bicyclic) bond motifs is 1. The third-order valence-electron chi connectivity index (χ3n) is 4.51. The maximum absolute atomic E-state index is 12.1. The van der Waals surface area contributed by atoms with Crippen LogP contribution < -0.4 is 15.4 Å². The molecule has 0 aromatic heterocycles. The normalized spacial score (nSPS) is 15.8. The second-order valence-electron chi connectivity index (χ2n) is 6.80. The van der Waals surface area contributed by atoms with Gasteiger partial charge in [0.1, 0.15) is 12.4 Å². The maximum Gasteiger partial charge on any atom is 0.315 e. The van der Waals surface area contributed by atoms with Crippen LogP contribution in [0, 0.1) is 0 Å². The highest BCUT2D eigenvalue weighted by Crippen LogP contribution is 2.23. The van der Waals surface area contributed by atoms with Gasteiger partial charge in [-0.15, -0.1) is 0 Å². The molecular weight excluding hydrogens is 326 g/mol. The number of rotatable bonds is 7. The number of urea groups is 1. The van der Waals surface area contributed by atoms with Crippen molar-refractivity contribution in [2.24, 2.45) is 0 Å². The zero-order chi connectivity index (χ0) is 18.2. The number of hydrogen-bond acceptors (Lipinski definition) is 3. The fraction of sp³-hybridized carbons (Fsp3) is 0.381. The molecule has 0 saturated heterocycles. The summed E-state index contributed by atoms with van der Waals surface area (Å²) < 4.78 is 5.70. The second kappa shape index (κ2) is 9.25. The van der Waals surface area contributed by atoms with E-state index in [2.05, 4.69) is 46.8 Å². The van der Waals surface area contributed by atoms with E-state index < -0.39 is 0 Å². The molecule has 2 amide bonds. The van der Waals surface area contributed by atoms with Gasteiger partial charge in [0, 0.05) is 13.1 Å². The molecule has 138 valence electrons. The van der Waals surface area contributed by atoms with Crippen LogP contribution in [0.3, 0.4) is 0 Å². The fourth-order valence-electron chi connectivity index (χ4n) is 3.18. The third-order valence-corrected chi connectivity index (χ3v) is 4.51. The van der Waals surface area contributed by atoms with E-state index in [4.69, 9.17) is 4.74 Å². The molecule has 0 saturated carbocycles. The minimum Gasteiger partial charge on any atom is -0.491 e. The molecule has 26 heavy (non-hydrogen) atoms. The molecule has 5 heteroatoms. The van der Waals surface area contributed by atoms with E-state index in [0.29, 0.717) is 13.2 Å². The fourth-order valence-corrected chi connectivity index (χ4v) is 3.18. The molecular formula is C21H27N3O2. The molecule has 1 heterocycles. The first-order valence-corrected chi connectivity index (χ1v) is 9.18. The molecule has 5 nitrogen and oxygen atoms in total. The van der Waals surface area contributed by atoms with Gasteiger partial charge in [-0.25, -0.2) is 4.79 Å². The van der Waals surface area contributed by atoms with Crippen molar-refractivity contribution in [1.82, 2.24) is 15.5 Å². The van der Waals surface area contributed by atoms with Crippen molar-refractivity contribution in [1.29, 1.82) is 0 Å². The standard InChI is InChI=1S/C21H27N3O2/c1-24(15-17-8-3-2-4-9-17)13-7-12-22-21(25)23-19-14-18-10-5-6-11-20(18)26-16-19/h2-6,8-11,19H,7,12-16H2,1H3,(H2,22,23,25)/t19-/m1/s1. The molecule has 1 aliphatic rings. The van der Waals surface area contributed by atoms with Gasteiger partial charge in [-0.2, -0.15) is 0 Å². The summed E-state index contributed by atoms with van der Waals surface area (Å²) in [6.07, 6.45) is 1.73. The van der Waals surface area contributed by atoms with E-state index in [9.17, 15) is 4.79 Å². The summed E-state index contributed by atoms with van der Waals surface area (Å²) in [5.41, 5.74) is 2.45. The lowest BCUT2D eigenvalue weighted by molar-refractivity contribution is 0.214. The van der Waals surface area contributed by atoms with Crippen LogP contribution in [0.4, 0.5) is 4.79 Å². The Balaban J connectivity index is 1.31. The predicted molar refractivity (Wildman–Crippen MR) is 103 cm³/mol. The van der Waals surface area contributed by atoms with Crippen LogP contribution in [0.15, 0.2) is 54.6 Å². The first kappa shape index (κ1) is 18.3.